The number of alkyl halides is 3. The quantitative estimate of drug-likeness (QED) is 0.932. The van der Waals surface area contributed by atoms with Crippen LogP contribution >= 0.6 is 0 Å². The molecule has 1 saturated heterocycles. The van der Waals surface area contributed by atoms with E-state index in [2.05, 4.69) is 4.74 Å². The number of amides is 1. The van der Waals surface area contributed by atoms with Crippen LogP contribution in [0.4, 0.5) is 18.0 Å². The highest BCUT2D eigenvalue weighted by atomic mass is 19.4. The van der Waals surface area contributed by atoms with Crippen LogP contribution in [0.1, 0.15) is 12.8 Å². The van der Waals surface area contributed by atoms with Crippen LogP contribution in [-0.4, -0.2) is 41.7 Å². The molecule has 1 aromatic carbocycles. The number of carboxylic acid groups (broad SMARTS) is 1. The third-order valence-electron chi connectivity index (χ3n) is 3.08. The summed E-state index contributed by atoms with van der Waals surface area (Å²) >= 11 is 0. The number of halogens is 3. The molecule has 21 heavy (non-hydrogen) atoms. The fourth-order valence-corrected chi connectivity index (χ4v) is 2.10. The Bertz CT molecular complexity index is 498. The van der Waals surface area contributed by atoms with Crippen molar-refractivity contribution in [3.05, 3.63) is 24.3 Å². The summed E-state index contributed by atoms with van der Waals surface area (Å²) in [5, 5.41) is 8.83. The van der Waals surface area contributed by atoms with Crippen molar-refractivity contribution in [3.8, 4) is 11.5 Å². The summed E-state index contributed by atoms with van der Waals surface area (Å²) in [4.78, 5) is 12.0. The Kier molecular flexibility index (Phi) is 4.44. The second-order valence-corrected chi connectivity index (χ2v) is 4.58. The van der Waals surface area contributed by atoms with E-state index in [1.807, 2.05) is 0 Å². The molecule has 0 bridgehead atoms. The van der Waals surface area contributed by atoms with E-state index in [4.69, 9.17) is 9.84 Å². The van der Waals surface area contributed by atoms with E-state index in [1.165, 1.54) is 23.1 Å². The molecule has 116 valence electrons. The number of para-hydroxylation sites is 2. The summed E-state index contributed by atoms with van der Waals surface area (Å²) in [6.45, 7) is 0.588. The average molecular weight is 305 g/mol. The molecule has 0 spiro atoms. The summed E-state index contributed by atoms with van der Waals surface area (Å²) in [7, 11) is 0. The summed E-state index contributed by atoms with van der Waals surface area (Å²) in [6, 6.07) is 5.53. The maximum absolute atomic E-state index is 12.3. The molecular formula is C13H14F3NO4. The SMILES string of the molecule is O=C(O)N1CCC(Oc2ccccc2OC(F)(F)F)CC1. The van der Waals surface area contributed by atoms with Crippen LogP contribution in [0.15, 0.2) is 24.3 Å². The zero-order valence-electron chi connectivity index (χ0n) is 11.0. The minimum atomic E-state index is -4.79. The molecule has 0 aromatic heterocycles. The van der Waals surface area contributed by atoms with Crippen LogP contribution in [-0.2, 0) is 0 Å². The van der Waals surface area contributed by atoms with Gasteiger partial charge in [-0.1, -0.05) is 12.1 Å². The second kappa shape index (κ2) is 6.11. The largest absolute Gasteiger partial charge is 0.573 e. The van der Waals surface area contributed by atoms with Crippen LogP contribution in [0.25, 0.3) is 0 Å². The molecule has 5 nitrogen and oxygen atoms in total. The molecule has 1 fully saturated rings. The third kappa shape index (κ3) is 4.44. The lowest BCUT2D eigenvalue weighted by Crippen LogP contribution is -2.41. The lowest BCUT2D eigenvalue weighted by molar-refractivity contribution is -0.275. The predicted octanol–water partition coefficient (Wildman–Crippen LogP) is 3.11. The Morgan fingerprint density at radius 3 is 2.29 bits per heavy atom. The Balaban J connectivity index is 1.99. The van der Waals surface area contributed by atoms with E-state index in [9.17, 15) is 18.0 Å². The highest BCUT2D eigenvalue weighted by Crippen LogP contribution is 2.33. The summed E-state index contributed by atoms with van der Waals surface area (Å²) in [5.41, 5.74) is 0. The zero-order valence-corrected chi connectivity index (χ0v) is 11.0. The highest BCUT2D eigenvalue weighted by Gasteiger charge is 2.33. The molecule has 1 aliphatic rings. The van der Waals surface area contributed by atoms with Gasteiger partial charge in [0, 0.05) is 25.9 Å². The number of benzene rings is 1. The molecule has 1 aliphatic heterocycles. The first-order valence-corrected chi connectivity index (χ1v) is 6.34. The van der Waals surface area contributed by atoms with Crippen molar-refractivity contribution >= 4 is 6.09 Å². The van der Waals surface area contributed by atoms with Crippen molar-refractivity contribution in [2.75, 3.05) is 13.1 Å². The Morgan fingerprint density at radius 2 is 1.76 bits per heavy atom. The van der Waals surface area contributed by atoms with Gasteiger partial charge in [0.15, 0.2) is 11.5 Å². The van der Waals surface area contributed by atoms with Gasteiger partial charge < -0.3 is 19.5 Å². The van der Waals surface area contributed by atoms with Crippen molar-refractivity contribution in [1.82, 2.24) is 4.90 Å². The topological polar surface area (TPSA) is 59.0 Å². The number of likely N-dealkylation sites (tertiary alicyclic amines) is 1. The van der Waals surface area contributed by atoms with Crippen LogP contribution in [0.2, 0.25) is 0 Å². The lowest BCUT2D eigenvalue weighted by atomic mass is 10.1. The zero-order chi connectivity index (χ0) is 15.5. The van der Waals surface area contributed by atoms with Gasteiger partial charge in [0.25, 0.3) is 0 Å². The summed E-state index contributed by atoms with van der Waals surface area (Å²) in [5.74, 6) is -0.394. The smallest absolute Gasteiger partial charge is 0.486 e. The molecular weight excluding hydrogens is 291 g/mol. The van der Waals surface area contributed by atoms with E-state index in [0.717, 1.165) is 0 Å². The van der Waals surface area contributed by atoms with Crippen LogP contribution < -0.4 is 9.47 Å². The summed E-state index contributed by atoms with van der Waals surface area (Å²) in [6.07, 6.45) is -5.28. The maximum Gasteiger partial charge on any atom is 0.573 e. The lowest BCUT2D eigenvalue weighted by Gasteiger charge is -2.30. The van der Waals surface area contributed by atoms with Gasteiger partial charge in [0.05, 0.1) is 0 Å². The first-order valence-electron chi connectivity index (χ1n) is 6.34. The molecule has 0 radical (unpaired) electrons. The van der Waals surface area contributed by atoms with Crippen molar-refractivity contribution in [1.29, 1.82) is 0 Å². The van der Waals surface area contributed by atoms with E-state index in [1.54, 1.807) is 6.07 Å². The molecule has 0 saturated carbocycles. The van der Waals surface area contributed by atoms with Gasteiger partial charge in [-0.05, 0) is 12.1 Å². The Hall–Kier alpha value is -2.12. The van der Waals surface area contributed by atoms with Gasteiger partial charge in [-0.15, -0.1) is 13.2 Å². The monoisotopic (exact) mass is 305 g/mol. The number of rotatable bonds is 3. The minimum Gasteiger partial charge on any atom is -0.486 e. The molecule has 0 aliphatic carbocycles. The predicted molar refractivity (Wildman–Crippen MR) is 66.4 cm³/mol. The standard InChI is InChI=1S/C13H14F3NO4/c14-13(15,16)21-11-4-2-1-3-10(11)20-9-5-7-17(8-6-9)12(18)19/h1-4,9H,5-8H2,(H,18,19). The van der Waals surface area contributed by atoms with Crippen molar-refractivity contribution in [2.45, 2.75) is 25.3 Å². The van der Waals surface area contributed by atoms with Crippen molar-refractivity contribution < 1.29 is 32.5 Å². The number of hydrogen-bond donors (Lipinski definition) is 1. The number of ether oxygens (including phenoxy) is 2. The van der Waals surface area contributed by atoms with Crippen molar-refractivity contribution in [3.63, 3.8) is 0 Å². The van der Waals surface area contributed by atoms with E-state index < -0.39 is 18.2 Å². The highest BCUT2D eigenvalue weighted by molar-refractivity contribution is 5.65. The molecule has 0 atom stereocenters. The van der Waals surface area contributed by atoms with E-state index >= 15 is 0 Å². The molecule has 1 heterocycles. The molecule has 1 aromatic rings. The van der Waals surface area contributed by atoms with Gasteiger partial charge >= 0.3 is 12.5 Å². The number of piperidine rings is 1. The molecule has 1 amide bonds. The van der Waals surface area contributed by atoms with Crippen LogP contribution in [0, 0.1) is 0 Å². The van der Waals surface area contributed by atoms with E-state index in [-0.39, 0.29) is 11.9 Å². The van der Waals surface area contributed by atoms with Crippen LogP contribution in [0.5, 0.6) is 11.5 Å². The third-order valence-corrected chi connectivity index (χ3v) is 3.08. The molecule has 8 heteroatoms. The normalized spacial score (nSPS) is 16.6. The van der Waals surface area contributed by atoms with Gasteiger partial charge in [-0.25, -0.2) is 4.79 Å². The fourth-order valence-electron chi connectivity index (χ4n) is 2.10. The van der Waals surface area contributed by atoms with Gasteiger partial charge in [-0.3, -0.25) is 0 Å². The Morgan fingerprint density at radius 1 is 1.19 bits per heavy atom. The molecule has 1 N–H and O–H groups in total. The Labute approximate surface area is 118 Å². The molecule has 0 unspecified atom stereocenters. The second-order valence-electron chi connectivity index (χ2n) is 4.58. The van der Waals surface area contributed by atoms with E-state index in [0.29, 0.717) is 25.9 Å². The van der Waals surface area contributed by atoms with Crippen molar-refractivity contribution in [2.24, 2.45) is 0 Å². The van der Waals surface area contributed by atoms with Gasteiger partial charge in [0.2, 0.25) is 0 Å². The first kappa shape index (κ1) is 15.3. The number of hydrogen-bond acceptors (Lipinski definition) is 3. The minimum absolute atomic E-state index is 0.00333. The number of nitrogens with zero attached hydrogens (tertiary/aromatic N) is 1. The fraction of sp³-hybridized carbons (Fsp3) is 0.462. The first-order chi connectivity index (χ1) is 9.85. The summed E-state index contributed by atoms with van der Waals surface area (Å²) < 4.78 is 46.3. The van der Waals surface area contributed by atoms with Gasteiger partial charge in [-0.2, -0.15) is 0 Å². The van der Waals surface area contributed by atoms with Crippen LogP contribution in [0.3, 0.4) is 0 Å². The van der Waals surface area contributed by atoms with Gasteiger partial charge in [0.1, 0.15) is 6.10 Å². The number of carbonyl (C=O) groups is 1. The molecule has 2 rings (SSSR count). The maximum atomic E-state index is 12.3. The average Bonchev–Trinajstić information content (AvgIpc) is 2.40.